The lowest BCUT2D eigenvalue weighted by Gasteiger charge is -2.31. The first-order valence-electron chi connectivity index (χ1n) is 8.25. The summed E-state index contributed by atoms with van der Waals surface area (Å²) < 4.78 is 10.8. The predicted molar refractivity (Wildman–Crippen MR) is 87.8 cm³/mol. The first-order valence-corrected chi connectivity index (χ1v) is 8.25. The average molecular weight is 319 g/mol. The number of carbonyl (C=O) groups is 1. The highest BCUT2D eigenvalue weighted by molar-refractivity contribution is 5.74. The van der Waals surface area contributed by atoms with Crippen molar-refractivity contribution >= 4 is 6.03 Å². The van der Waals surface area contributed by atoms with E-state index in [0.717, 1.165) is 57.1 Å². The quantitative estimate of drug-likeness (QED) is 0.903. The molecule has 1 saturated heterocycles. The molecule has 0 bridgehead atoms. The highest BCUT2D eigenvalue weighted by Gasteiger charge is 2.23. The van der Waals surface area contributed by atoms with Crippen LogP contribution in [0.25, 0.3) is 0 Å². The van der Waals surface area contributed by atoms with Gasteiger partial charge in [0.15, 0.2) is 0 Å². The molecule has 1 aromatic rings. The molecule has 0 saturated carbocycles. The van der Waals surface area contributed by atoms with Gasteiger partial charge in [-0.1, -0.05) is 12.1 Å². The first kappa shape index (κ1) is 16.1. The molecule has 1 aromatic carbocycles. The molecule has 2 aliphatic heterocycles. The van der Waals surface area contributed by atoms with Crippen LogP contribution < -0.4 is 10.1 Å². The zero-order valence-corrected chi connectivity index (χ0v) is 13.7. The second-order valence-corrected chi connectivity index (χ2v) is 5.96. The zero-order chi connectivity index (χ0) is 16.1. The highest BCUT2D eigenvalue weighted by atomic mass is 16.5. The van der Waals surface area contributed by atoms with Gasteiger partial charge in [0.1, 0.15) is 5.75 Å². The third-order valence-electron chi connectivity index (χ3n) is 4.55. The number of nitrogens with one attached hydrogen (secondary N) is 1. The molecular weight excluding hydrogens is 294 g/mol. The number of rotatable bonds is 4. The number of methoxy groups -OCH3 is 1. The van der Waals surface area contributed by atoms with Gasteiger partial charge >= 0.3 is 6.03 Å². The van der Waals surface area contributed by atoms with Crippen molar-refractivity contribution in [3.63, 3.8) is 0 Å². The number of urea groups is 1. The molecule has 0 atom stereocenters. The van der Waals surface area contributed by atoms with E-state index in [-0.39, 0.29) is 6.03 Å². The van der Waals surface area contributed by atoms with E-state index in [0.29, 0.717) is 13.1 Å². The van der Waals surface area contributed by atoms with E-state index < -0.39 is 0 Å². The number of nitrogens with zero attached hydrogens (tertiary/aromatic N) is 2. The fourth-order valence-electron chi connectivity index (χ4n) is 3.17. The fourth-order valence-corrected chi connectivity index (χ4v) is 3.17. The van der Waals surface area contributed by atoms with Crippen LogP contribution in [0.15, 0.2) is 18.2 Å². The second kappa shape index (κ2) is 7.66. The van der Waals surface area contributed by atoms with Gasteiger partial charge in [0.2, 0.25) is 0 Å². The molecule has 3 rings (SSSR count). The molecule has 0 spiro atoms. The van der Waals surface area contributed by atoms with Crippen molar-refractivity contribution in [2.45, 2.75) is 13.0 Å². The monoisotopic (exact) mass is 319 g/mol. The lowest BCUT2D eigenvalue weighted by Crippen LogP contribution is -2.46. The standard InChI is InChI=1S/C17H25N3O3/c1-22-16-4-2-3-14-5-7-20(13-15(14)16)17(21)18-6-8-19-9-11-23-12-10-19/h2-4H,5-13H2,1H3,(H,18,21). The summed E-state index contributed by atoms with van der Waals surface area (Å²) in [5, 5.41) is 3.03. The topological polar surface area (TPSA) is 54.0 Å². The molecule has 0 aliphatic carbocycles. The number of ether oxygens (including phenoxy) is 2. The Hall–Kier alpha value is -1.79. The predicted octanol–water partition coefficient (Wildman–Crippen LogP) is 1.10. The largest absolute Gasteiger partial charge is 0.496 e. The Labute approximate surface area is 137 Å². The summed E-state index contributed by atoms with van der Waals surface area (Å²) in [7, 11) is 1.68. The lowest BCUT2D eigenvalue weighted by molar-refractivity contribution is 0.0385. The summed E-state index contributed by atoms with van der Waals surface area (Å²) in [4.78, 5) is 16.6. The molecule has 0 unspecified atom stereocenters. The molecule has 6 nitrogen and oxygen atoms in total. The second-order valence-electron chi connectivity index (χ2n) is 5.96. The van der Waals surface area contributed by atoms with Gasteiger partial charge in [-0.3, -0.25) is 4.90 Å². The van der Waals surface area contributed by atoms with E-state index in [4.69, 9.17) is 9.47 Å². The van der Waals surface area contributed by atoms with Crippen LogP contribution in [0, 0.1) is 0 Å². The summed E-state index contributed by atoms with van der Waals surface area (Å²) >= 11 is 0. The van der Waals surface area contributed by atoms with E-state index in [2.05, 4.69) is 16.3 Å². The minimum absolute atomic E-state index is 0.00909. The van der Waals surface area contributed by atoms with Gasteiger partial charge in [-0.05, 0) is 18.1 Å². The van der Waals surface area contributed by atoms with Crippen LogP contribution >= 0.6 is 0 Å². The molecule has 2 aliphatic rings. The Morgan fingerprint density at radius 2 is 2.13 bits per heavy atom. The molecule has 23 heavy (non-hydrogen) atoms. The van der Waals surface area contributed by atoms with Crippen LogP contribution in [0.4, 0.5) is 4.79 Å². The Bertz CT molecular complexity index is 530. The number of carbonyl (C=O) groups excluding carboxylic acids is 1. The lowest BCUT2D eigenvalue weighted by atomic mass is 9.99. The summed E-state index contributed by atoms with van der Waals surface area (Å²) in [5.41, 5.74) is 2.41. The van der Waals surface area contributed by atoms with Gasteiger partial charge in [0.25, 0.3) is 0 Å². The maximum atomic E-state index is 12.4. The average Bonchev–Trinajstić information content (AvgIpc) is 2.61. The molecule has 2 amide bonds. The van der Waals surface area contributed by atoms with Crippen LogP contribution in [0.5, 0.6) is 5.75 Å². The molecule has 0 radical (unpaired) electrons. The summed E-state index contributed by atoms with van der Waals surface area (Å²) in [6.45, 7) is 6.39. The van der Waals surface area contributed by atoms with E-state index in [1.54, 1.807) is 7.11 Å². The molecule has 1 fully saturated rings. The van der Waals surface area contributed by atoms with Crippen molar-refractivity contribution in [3.05, 3.63) is 29.3 Å². The number of hydrogen-bond acceptors (Lipinski definition) is 4. The Morgan fingerprint density at radius 3 is 2.91 bits per heavy atom. The highest BCUT2D eigenvalue weighted by Crippen LogP contribution is 2.27. The number of hydrogen-bond donors (Lipinski definition) is 1. The number of fused-ring (bicyclic) bond motifs is 1. The van der Waals surface area contributed by atoms with Crippen molar-refractivity contribution in [2.75, 3.05) is 53.0 Å². The van der Waals surface area contributed by atoms with Gasteiger partial charge in [-0.2, -0.15) is 0 Å². The van der Waals surface area contributed by atoms with Crippen molar-refractivity contribution < 1.29 is 14.3 Å². The van der Waals surface area contributed by atoms with Gasteiger partial charge in [0.05, 0.1) is 26.9 Å². The van der Waals surface area contributed by atoms with Crippen molar-refractivity contribution in [2.24, 2.45) is 0 Å². The van der Waals surface area contributed by atoms with Crippen LogP contribution in [-0.2, 0) is 17.7 Å². The summed E-state index contributed by atoms with van der Waals surface area (Å²) in [6, 6.07) is 6.09. The summed E-state index contributed by atoms with van der Waals surface area (Å²) in [5.74, 6) is 0.869. The molecule has 6 heteroatoms. The van der Waals surface area contributed by atoms with Gasteiger partial charge in [0, 0.05) is 38.3 Å². The van der Waals surface area contributed by atoms with Gasteiger partial charge in [-0.25, -0.2) is 4.79 Å². The number of benzene rings is 1. The third-order valence-corrected chi connectivity index (χ3v) is 4.55. The SMILES string of the molecule is COc1cccc2c1CN(C(=O)NCCN1CCOCC1)CC2. The van der Waals surface area contributed by atoms with Crippen molar-refractivity contribution in [3.8, 4) is 5.75 Å². The van der Waals surface area contributed by atoms with E-state index in [1.807, 2.05) is 17.0 Å². The Kier molecular flexibility index (Phi) is 5.35. The normalized spacial score (nSPS) is 18.4. The molecule has 126 valence electrons. The Morgan fingerprint density at radius 1 is 1.30 bits per heavy atom. The van der Waals surface area contributed by atoms with Crippen LogP contribution in [0.1, 0.15) is 11.1 Å². The maximum absolute atomic E-state index is 12.4. The maximum Gasteiger partial charge on any atom is 0.317 e. The van der Waals surface area contributed by atoms with Crippen LogP contribution in [0.3, 0.4) is 0 Å². The number of amides is 2. The third kappa shape index (κ3) is 3.95. The van der Waals surface area contributed by atoms with E-state index in [9.17, 15) is 4.79 Å². The molecular formula is C17H25N3O3. The first-order chi connectivity index (χ1) is 11.3. The van der Waals surface area contributed by atoms with Crippen LogP contribution in [-0.4, -0.2) is 68.9 Å². The Balaban J connectivity index is 1.50. The molecule has 2 heterocycles. The smallest absolute Gasteiger partial charge is 0.317 e. The fraction of sp³-hybridized carbons (Fsp3) is 0.588. The van der Waals surface area contributed by atoms with Crippen LogP contribution in [0.2, 0.25) is 0 Å². The summed E-state index contributed by atoms with van der Waals surface area (Å²) in [6.07, 6.45) is 0.878. The minimum Gasteiger partial charge on any atom is -0.496 e. The van der Waals surface area contributed by atoms with E-state index in [1.165, 1.54) is 5.56 Å². The van der Waals surface area contributed by atoms with Gasteiger partial charge in [-0.15, -0.1) is 0 Å². The van der Waals surface area contributed by atoms with Gasteiger partial charge < -0.3 is 19.7 Å². The molecule has 1 N–H and O–H groups in total. The van der Waals surface area contributed by atoms with Crippen molar-refractivity contribution in [1.29, 1.82) is 0 Å². The van der Waals surface area contributed by atoms with Crippen molar-refractivity contribution in [1.82, 2.24) is 15.1 Å². The van der Waals surface area contributed by atoms with E-state index >= 15 is 0 Å². The minimum atomic E-state index is 0.00909. The number of morpholine rings is 1. The zero-order valence-electron chi connectivity index (χ0n) is 13.7. The molecule has 0 aromatic heterocycles.